The molecule has 0 aromatic heterocycles. The van der Waals surface area contributed by atoms with Gasteiger partial charge in [-0.05, 0) is 43.1 Å². The molecule has 0 saturated carbocycles. The van der Waals surface area contributed by atoms with Gasteiger partial charge in [-0.1, -0.05) is 18.5 Å². The van der Waals surface area contributed by atoms with Crippen molar-refractivity contribution >= 4 is 23.3 Å². The Morgan fingerprint density at radius 3 is 2.67 bits per heavy atom. The van der Waals surface area contributed by atoms with E-state index in [4.69, 9.17) is 11.6 Å². The molecule has 1 aliphatic rings. The Bertz CT molecular complexity index is 502. The molecular formula is C16H21ClN2O2. The highest BCUT2D eigenvalue weighted by Crippen LogP contribution is 2.13. The van der Waals surface area contributed by atoms with Crippen LogP contribution in [0.3, 0.4) is 0 Å². The minimum Gasteiger partial charge on any atom is -0.352 e. The zero-order chi connectivity index (χ0) is 15.2. The molecule has 1 amide bonds. The maximum Gasteiger partial charge on any atom is 0.220 e. The normalized spacial score (nSPS) is 21.8. The van der Waals surface area contributed by atoms with E-state index in [-0.39, 0.29) is 30.6 Å². The molecule has 0 bridgehead atoms. The molecule has 1 aliphatic heterocycles. The number of benzene rings is 1. The molecule has 2 rings (SSSR count). The SMILES string of the molecule is CC1CCNCC1NC(=O)CCC(=O)c1ccc(Cl)cc1. The first kappa shape index (κ1) is 16.0. The van der Waals surface area contributed by atoms with Crippen LogP contribution in [0.1, 0.15) is 36.5 Å². The number of hydrogen-bond donors (Lipinski definition) is 2. The Hall–Kier alpha value is -1.39. The summed E-state index contributed by atoms with van der Waals surface area (Å²) in [6.45, 7) is 3.95. The van der Waals surface area contributed by atoms with Gasteiger partial charge >= 0.3 is 0 Å². The monoisotopic (exact) mass is 308 g/mol. The summed E-state index contributed by atoms with van der Waals surface area (Å²) in [5, 5.41) is 6.88. The molecule has 0 aliphatic carbocycles. The number of amides is 1. The molecule has 2 unspecified atom stereocenters. The fraction of sp³-hybridized carbons (Fsp3) is 0.500. The van der Waals surface area contributed by atoms with E-state index in [1.165, 1.54) is 0 Å². The summed E-state index contributed by atoms with van der Waals surface area (Å²) in [5.74, 6) is 0.386. The summed E-state index contributed by atoms with van der Waals surface area (Å²) >= 11 is 5.78. The molecule has 0 spiro atoms. The van der Waals surface area contributed by atoms with Gasteiger partial charge in [0.15, 0.2) is 5.78 Å². The topological polar surface area (TPSA) is 58.2 Å². The second-order valence-electron chi connectivity index (χ2n) is 5.57. The standard InChI is InChI=1S/C16H21ClN2O2/c1-11-8-9-18-10-14(11)19-16(21)7-6-15(20)12-2-4-13(17)5-3-12/h2-5,11,14,18H,6-10H2,1H3,(H,19,21). The Morgan fingerprint density at radius 2 is 2.00 bits per heavy atom. The summed E-state index contributed by atoms with van der Waals surface area (Å²) in [6.07, 6.45) is 1.52. The van der Waals surface area contributed by atoms with Crippen LogP contribution in [0.25, 0.3) is 0 Å². The molecule has 21 heavy (non-hydrogen) atoms. The summed E-state index contributed by atoms with van der Waals surface area (Å²) in [4.78, 5) is 23.9. The molecule has 2 N–H and O–H groups in total. The number of carbonyl (C=O) groups is 2. The van der Waals surface area contributed by atoms with Crippen LogP contribution in [0.4, 0.5) is 0 Å². The van der Waals surface area contributed by atoms with Gasteiger partial charge in [-0.25, -0.2) is 0 Å². The van der Waals surface area contributed by atoms with Crippen LogP contribution in [-0.4, -0.2) is 30.8 Å². The van der Waals surface area contributed by atoms with Crippen molar-refractivity contribution in [2.24, 2.45) is 5.92 Å². The van der Waals surface area contributed by atoms with E-state index in [1.807, 2.05) is 0 Å². The molecular weight excluding hydrogens is 288 g/mol. The minimum absolute atomic E-state index is 0.0309. The van der Waals surface area contributed by atoms with Gasteiger partial charge in [-0.2, -0.15) is 0 Å². The highest BCUT2D eigenvalue weighted by molar-refractivity contribution is 6.30. The molecule has 114 valence electrons. The Balaban J connectivity index is 1.78. The van der Waals surface area contributed by atoms with Gasteiger partial charge in [-0.3, -0.25) is 9.59 Å². The van der Waals surface area contributed by atoms with Gasteiger partial charge in [0.2, 0.25) is 5.91 Å². The molecule has 1 aromatic rings. The molecule has 1 saturated heterocycles. The highest BCUT2D eigenvalue weighted by Gasteiger charge is 2.22. The van der Waals surface area contributed by atoms with E-state index in [9.17, 15) is 9.59 Å². The summed E-state index contributed by atoms with van der Waals surface area (Å²) in [6, 6.07) is 6.91. The van der Waals surface area contributed by atoms with Crippen LogP contribution < -0.4 is 10.6 Å². The molecule has 5 heteroatoms. The van der Waals surface area contributed by atoms with Gasteiger partial charge in [0.1, 0.15) is 0 Å². The van der Waals surface area contributed by atoms with Gasteiger partial charge in [-0.15, -0.1) is 0 Å². The predicted octanol–water partition coefficient (Wildman–Crippen LogP) is 2.42. The van der Waals surface area contributed by atoms with Crippen LogP contribution in [0.15, 0.2) is 24.3 Å². The number of nitrogens with one attached hydrogen (secondary N) is 2. The van der Waals surface area contributed by atoms with E-state index in [2.05, 4.69) is 17.6 Å². The average Bonchev–Trinajstić information content (AvgIpc) is 2.48. The van der Waals surface area contributed by atoms with Gasteiger partial charge in [0.05, 0.1) is 0 Å². The van der Waals surface area contributed by atoms with Crippen molar-refractivity contribution in [1.29, 1.82) is 0 Å². The van der Waals surface area contributed by atoms with Crippen molar-refractivity contribution in [2.45, 2.75) is 32.2 Å². The second kappa shape index (κ2) is 7.57. The smallest absolute Gasteiger partial charge is 0.220 e. The second-order valence-corrected chi connectivity index (χ2v) is 6.01. The third kappa shape index (κ3) is 4.83. The zero-order valence-electron chi connectivity index (χ0n) is 12.2. The molecule has 2 atom stereocenters. The third-order valence-corrected chi connectivity index (χ3v) is 4.17. The van der Waals surface area contributed by atoms with Crippen molar-refractivity contribution in [3.05, 3.63) is 34.9 Å². The van der Waals surface area contributed by atoms with Crippen LogP contribution in [-0.2, 0) is 4.79 Å². The molecule has 4 nitrogen and oxygen atoms in total. The lowest BCUT2D eigenvalue weighted by Crippen LogP contribution is -2.50. The van der Waals surface area contributed by atoms with Crippen molar-refractivity contribution in [3.63, 3.8) is 0 Å². The third-order valence-electron chi connectivity index (χ3n) is 3.92. The van der Waals surface area contributed by atoms with E-state index in [0.29, 0.717) is 16.5 Å². The van der Waals surface area contributed by atoms with Gasteiger partial charge in [0.25, 0.3) is 0 Å². The Labute approximate surface area is 130 Å². The average molecular weight is 309 g/mol. The number of rotatable bonds is 5. The lowest BCUT2D eigenvalue weighted by molar-refractivity contribution is -0.122. The van der Waals surface area contributed by atoms with Crippen LogP contribution >= 0.6 is 11.6 Å². The van der Waals surface area contributed by atoms with Crippen LogP contribution in [0.5, 0.6) is 0 Å². The van der Waals surface area contributed by atoms with Crippen molar-refractivity contribution in [2.75, 3.05) is 13.1 Å². The van der Waals surface area contributed by atoms with Crippen LogP contribution in [0, 0.1) is 5.92 Å². The van der Waals surface area contributed by atoms with E-state index in [0.717, 1.165) is 19.5 Å². The summed E-state index contributed by atoms with van der Waals surface area (Å²) in [7, 11) is 0. The Kier molecular flexibility index (Phi) is 5.76. The van der Waals surface area contributed by atoms with E-state index >= 15 is 0 Å². The maximum absolute atomic E-state index is 12.0. The molecule has 1 aromatic carbocycles. The fourth-order valence-corrected chi connectivity index (χ4v) is 2.60. The Morgan fingerprint density at radius 1 is 1.29 bits per heavy atom. The maximum atomic E-state index is 12.0. The lowest BCUT2D eigenvalue weighted by atomic mass is 9.94. The van der Waals surface area contributed by atoms with Gasteiger partial charge in [0, 0.05) is 36.0 Å². The van der Waals surface area contributed by atoms with Crippen LogP contribution in [0.2, 0.25) is 5.02 Å². The van der Waals surface area contributed by atoms with E-state index < -0.39 is 0 Å². The number of piperidine rings is 1. The number of carbonyl (C=O) groups excluding carboxylic acids is 2. The largest absolute Gasteiger partial charge is 0.352 e. The van der Waals surface area contributed by atoms with Gasteiger partial charge < -0.3 is 10.6 Å². The minimum atomic E-state index is -0.0575. The highest BCUT2D eigenvalue weighted by atomic mass is 35.5. The van der Waals surface area contributed by atoms with Crippen molar-refractivity contribution < 1.29 is 9.59 Å². The fourth-order valence-electron chi connectivity index (χ4n) is 2.47. The number of ketones is 1. The lowest BCUT2D eigenvalue weighted by Gasteiger charge is -2.30. The van der Waals surface area contributed by atoms with Crippen molar-refractivity contribution in [3.8, 4) is 0 Å². The number of Topliss-reactive ketones (excluding diaryl/α,β-unsaturated/α-hetero) is 1. The first-order valence-electron chi connectivity index (χ1n) is 7.35. The van der Waals surface area contributed by atoms with Crippen molar-refractivity contribution in [1.82, 2.24) is 10.6 Å². The predicted molar refractivity (Wildman–Crippen MR) is 83.6 cm³/mol. The quantitative estimate of drug-likeness (QED) is 0.821. The first-order valence-corrected chi connectivity index (χ1v) is 7.73. The zero-order valence-corrected chi connectivity index (χ0v) is 13.0. The summed E-state index contributed by atoms with van der Waals surface area (Å²) in [5.41, 5.74) is 0.597. The molecule has 1 fully saturated rings. The summed E-state index contributed by atoms with van der Waals surface area (Å²) < 4.78 is 0. The first-order chi connectivity index (χ1) is 10.1. The van der Waals surface area contributed by atoms with E-state index in [1.54, 1.807) is 24.3 Å². The molecule has 1 heterocycles. The number of hydrogen-bond acceptors (Lipinski definition) is 3. The number of halogens is 1. The molecule has 0 radical (unpaired) electrons.